The van der Waals surface area contributed by atoms with E-state index in [4.69, 9.17) is 19.9 Å². The van der Waals surface area contributed by atoms with E-state index in [2.05, 4.69) is 0 Å². The molecule has 0 bridgehead atoms. The summed E-state index contributed by atoms with van der Waals surface area (Å²) < 4.78 is 15.7. The predicted octanol–water partition coefficient (Wildman–Crippen LogP) is 1.16. The Morgan fingerprint density at radius 3 is 2.76 bits per heavy atom. The summed E-state index contributed by atoms with van der Waals surface area (Å²) in [6.07, 6.45) is -0.594. The van der Waals surface area contributed by atoms with E-state index in [1.54, 1.807) is 4.90 Å². The maximum absolute atomic E-state index is 12.2. The minimum Gasteiger partial charge on any atom is -0.454 e. The number of hydrogen-bond acceptors (Lipinski definition) is 5. The molecule has 0 fully saturated rings. The average Bonchev–Trinajstić information content (AvgIpc) is 2.93. The van der Waals surface area contributed by atoms with E-state index in [0.29, 0.717) is 18.8 Å². The highest BCUT2D eigenvalue weighted by Gasteiger charge is 2.22. The van der Waals surface area contributed by atoms with Gasteiger partial charge in [-0.2, -0.15) is 0 Å². The minimum atomic E-state index is -0.594. The van der Waals surface area contributed by atoms with Crippen LogP contribution < -0.4 is 15.2 Å². The monoisotopic (exact) mass is 316 g/mol. The number of methoxy groups -OCH3 is 1. The molecule has 7 heteroatoms. The molecule has 1 aromatic rings. The first kappa shape index (κ1) is 17.6. The van der Waals surface area contributed by atoms with Crippen molar-refractivity contribution in [2.24, 2.45) is 5.73 Å². The molecule has 1 heterocycles. The maximum atomic E-state index is 12.2. The van der Waals surface area contributed by atoms with Gasteiger partial charge in [-0.3, -0.25) is 4.79 Å². The van der Waals surface area contributed by atoms with Crippen LogP contribution in [0.1, 0.15) is 12.5 Å². The molecule has 1 unspecified atom stereocenters. The predicted molar refractivity (Wildman–Crippen MR) is 80.8 cm³/mol. The Kier molecular flexibility index (Phi) is 6.74. The van der Waals surface area contributed by atoms with E-state index >= 15 is 0 Å². The van der Waals surface area contributed by atoms with E-state index < -0.39 is 6.10 Å². The summed E-state index contributed by atoms with van der Waals surface area (Å²) in [5.74, 6) is 1.35. The molecule has 1 amide bonds. The largest absolute Gasteiger partial charge is 0.454 e. The van der Waals surface area contributed by atoms with Gasteiger partial charge in [-0.1, -0.05) is 6.07 Å². The van der Waals surface area contributed by atoms with Gasteiger partial charge in [0.05, 0.1) is 0 Å². The first-order valence-electron chi connectivity index (χ1n) is 6.59. The van der Waals surface area contributed by atoms with Gasteiger partial charge in [0, 0.05) is 26.7 Å². The number of amides is 1. The fourth-order valence-corrected chi connectivity index (χ4v) is 2.11. The van der Waals surface area contributed by atoms with Gasteiger partial charge < -0.3 is 24.8 Å². The normalized spacial score (nSPS) is 13.5. The Bertz CT molecular complexity index is 480. The van der Waals surface area contributed by atoms with Gasteiger partial charge in [0.15, 0.2) is 11.5 Å². The topological polar surface area (TPSA) is 74.0 Å². The molecule has 0 aliphatic carbocycles. The third-order valence-corrected chi connectivity index (χ3v) is 3.28. The molecule has 1 aliphatic rings. The van der Waals surface area contributed by atoms with Crippen LogP contribution in [0.4, 0.5) is 0 Å². The molecule has 118 valence electrons. The van der Waals surface area contributed by atoms with Gasteiger partial charge in [0.1, 0.15) is 6.10 Å². The van der Waals surface area contributed by atoms with E-state index in [1.165, 1.54) is 7.11 Å². The first-order valence-corrected chi connectivity index (χ1v) is 6.59. The second kappa shape index (κ2) is 8.07. The van der Waals surface area contributed by atoms with Crippen molar-refractivity contribution in [2.45, 2.75) is 19.6 Å². The lowest BCUT2D eigenvalue weighted by Gasteiger charge is -2.25. The number of ether oxygens (including phenoxy) is 3. The van der Waals surface area contributed by atoms with Crippen molar-refractivity contribution < 1.29 is 19.0 Å². The van der Waals surface area contributed by atoms with Crippen LogP contribution in [-0.2, 0) is 16.1 Å². The van der Waals surface area contributed by atoms with Crippen LogP contribution in [0.15, 0.2) is 18.2 Å². The second-order valence-corrected chi connectivity index (χ2v) is 4.50. The Hall–Kier alpha value is -1.50. The fourth-order valence-electron chi connectivity index (χ4n) is 2.11. The van der Waals surface area contributed by atoms with Crippen LogP contribution in [0.2, 0.25) is 0 Å². The molecule has 2 rings (SSSR count). The highest BCUT2D eigenvalue weighted by atomic mass is 35.5. The minimum absolute atomic E-state index is 0. The van der Waals surface area contributed by atoms with Crippen LogP contribution in [-0.4, -0.2) is 43.9 Å². The second-order valence-electron chi connectivity index (χ2n) is 4.50. The van der Waals surface area contributed by atoms with Gasteiger partial charge in [0.25, 0.3) is 5.91 Å². The number of nitrogens with two attached hydrogens (primary N) is 1. The molecule has 6 nitrogen and oxygen atoms in total. The Morgan fingerprint density at radius 1 is 1.43 bits per heavy atom. The molecule has 0 spiro atoms. The number of carbonyl (C=O) groups excluding carboxylic acids is 1. The molecule has 1 aromatic carbocycles. The lowest BCUT2D eigenvalue weighted by Crippen LogP contribution is -2.43. The lowest BCUT2D eigenvalue weighted by atomic mass is 10.1. The molecular formula is C14H21ClN2O4. The standard InChI is InChI=1S/C14H20N2O4.ClH/c1-3-16(14(17)13(7-15)18-2)8-10-4-5-11-12(6-10)20-9-19-11;/h4-6,13H,3,7-9,15H2,1-2H3;1H. The lowest BCUT2D eigenvalue weighted by molar-refractivity contribution is -0.141. The summed E-state index contributed by atoms with van der Waals surface area (Å²) >= 11 is 0. The number of nitrogens with zero attached hydrogens (tertiary/aromatic N) is 1. The maximum Gasteiger partial charge on any atom is 0.253 e. The van der Waals surface area contributed by atoms with Crippen LogP contribution >= 0.6 is 12.4 Å². The van der Waals surface area contributed by atoms with Crippen LogP contribution in [0.25, 0.3) is 0 Å². The number of fused-ring (bicyclic) bond motifs is 1. The van der Waals surface area contributed by atoms with E-state index in [0.717, 1.165) is 11.3 Å². The summed E-state index contributed by atoms with van der Waals surface area (Å²) in [5, 5.41) is 0. The summed E-state index contributed by atoms with van der Waals surface area (Å²) in [5.41, 5.74) is 6.52. The van der Waals surface area contributed by atoms with Gasteiger partial charge in [-0.25, -0.2) is 0 Å². The smallest absolute Gasteiger partial charge is 0.253 e. The first-order chi connectivity index (χ1) is 9.69. The van der Waals surface area contributed by atoms with E-state index in [9.17, 15) is 4.79 Å². The highest BCUT2D eigenvalue weighted by Crippen LogP contribution is 2.32. The molecule has 21 heavy (non-hydrogen) atoms. The van der Waals surface area contributed by atoms with Gasteiger partial charge in [-0.05, 0) is 24.6 Å². The third kappa shape index (κ3) is 4.00. The molecule has 0 radical (unpaired) electrons. The summed E-state index contributed by atoms with van der Waals surface area (Å²) in [7, 11) is 1.49. The zero-order valence-corrected chi connectivity index (χ0v) is 13.0. The van der Waals surface area contributed by atoms with E-state index in [1.807, 2.05) is 25.1 Å². The number of carbonyl (C=O) groups is 1. The summed E-state index contributed by atoms with van der Waals surface area (Å²) in [6.45, 7) is 3.42. The van der Waals surface area contributed by atoms with Crippen molar-refractivity contribution in [1.82, 2.24) is 4.90 Å². The number of likely N-dealkylation sites (N-methyl/N-ethyl adjacent to an activating group) is 1. The molecule has 0 saturated heterocycles. The quantitative estimate of drug-likeness (QED) is 0.852. The van der Waals surface area contributed by atoms with Crippen LogP contribution in [0.5, 0.6) is 11.5 Å². The Balaban J connectivity index is 0.00000220. The average molecular weight is 317 g/mol. The zero-order valence-electron chi connectivity index (χ0n) is 12.2. The fraction of sp³-hybridized carbons (Fsp3) is 0.500. The number of hydrogen-bond donors (Lipinski definition) is 1. The van der Waals surface area contributed by atoms with Crippen molar-refractivity contribution in [3.63, 3.8) is 0 Å². The number of rotatable bonds is 6. The molecule has 0 saturated carbocycles. The zero-order chi connectivity index (χ0) is 14.5. The van der Waals surface area contributed by atoms with Gasteiger partial charge in [-0.15, -0.1) is 12.4 Å². The van der Waals surface area contributed by atoms with Crippen molar-refractivity contribution in [3.05, 3.63) is 23.8 Å². The van der Waals surface area contributed by atoms with Gasteiger partial charge >= 0.3 is 0 Å². The molecular weight excluding hydrogens is 296 g/mol. The SMILES string of the molecule is CCN(Cc1ccc2c(c1)OCO2)C(=O)C(CN)OC.Cl. The van der Waals surface area contributed by atoms with Crippen molar-refractivity contribution >= 4 is 18.3 Å². The third-order valence-electron chi connectivity index (χ3n) is 3.28. The van der Waals surface area contributed by atoms with Gasteiger partial charge in [0.2, 0.25) is 6.79 Å². The molecule has 2 N–H and O–H groups in total. The van der Waals surface area contributed by atoms with Crippen molar-refractivity contribution in [1.29, 1.82) is 0 Å². The summed E-state index contributed by atoms with van der Waals surface area (Å²) in [4.78, 5) is 13.9. The number of benzene rings is 1. The Morgan fingerprint density at radius 2 is 2.14 bits per heavy atom. The van der Waals surface area contributed by atoms with E-state index in [-0.39, 0.29) is 31.7 Å². The van der Waals surface area contributed by atoms with Crippen molar-refractivity contribution in [2.75, 3.05) is 27.0 Å². The summed E-state index contributed by atoms with van der Waals surface area (Å²) in [6, 6.07) is 5.67. The molecule has 0 aromatic heterocycles. The van der Waals surface area contributed by atoms with Crippen LogP contribution in [0, 0.1) is 0 Å². The number of halogens is 1. The Labute approximate surface area is 130 Å². The highest BCUT2D eigenvalue weighted by molar-refractivity contribution is 5.85. The molecule has 1 atom stereocenters. The van der Waals surface area contributed by atoms with Crippen molar-refractivity contribution in [3.8, 4) is 11.5 Å². The molecule has 1 aliphatic heterocycles. The van der Waals surface area contributed by atoms with Crippen LogP contribution in [0.3, 0.4) is 0 Å².